The van der Waals surface area contributed by atoms with Gasteiger partial charge in [-0.15, -0.1) is 0 Å². The molecule has 5 heteroatoms. The van der Waals surface area contributed by atoms with Gasteiger partial charge in [-0.05, 0) is 30.5 Å². The van der Waals surface area contributed by atoms with Crippen LogP contribution in [0.25, 0.3) is 0 Å². The van der Waals surface area contributed by atoms with Gasteiger partial charge >= 0.3 is 0 Å². The number of hydrogen-bond donors (Lipinski definition) is 1. The minimum Gasteiger partial charge on any atom is -0.341 e. The van der Waals surface area contributed by atoms with E-state index in [9.17, 15) is 9.59 Å². The Labute approximate surface area is 135 Å². The number of likely N-dealkylation sites (tertiary alicyclic amines) is 1. The number of hydrogen-bond acceptors (Lipinski definition) is 3. The highest BCUT2D eigenvalue weighted by Crippen LogP contribution is 2.19. The van der Waals surface area contributed by atoms with Crippen LogP contribution in [0.2, 0.25) is 0 Å². The molecule has 1 aromatic carbocycles. The molecule has 2 amide bonds. The summed E-state index contributed by atoms with van der Waals surface area (Å²) in [6.07, 6.45) is 5.17. The Morgan fingerprint density at radius 3 is 2.30 bits per heavy atom. The summed E-state index contributed by atoms with van der Waals surface area (Å²) in [6, 6.07) is 12.0. The lowest BCUT2D eigenvalue weighted by Crippen LogP contribution is -2.41. The van der Waals surface area contributed by atoms with E-state index in [0.29, 0.717) is 5.56 Å². The van der Waals surface area contributed by atoms with Crippen LogP contribution < -0.4 is 5.32 Å². The molecule has 1 fully saturated rings. The Morgan fingerprint density at radius 1 is 1.00 bits per heavy atom. The molecule has 1 aliphatic rings. The van der Waals surface area contributed by atoms with Crippen molar-refractivity contribution in [2.45, 2.75) is 18.9 Å². The van der Waals surface area contributed by atoms with Crippen molar-refractivity contribution in [3.05, 3.63) is 66.0 Å². The number of nitrogens with one attached hydrogen (secondary N) is 1. The predicted octanol–water partition coefficient (Wildman–Crippen LogP) is 2.18. The molecule has 1 saturated heterocycles. The molecule has 0 unspecified atom stereocenters. The zero-order chi connectivity index (χ0) is 16.1. The van der Waals surface area contributed by atoms with Crippen molar-refractivity contribution in [2.75, 3.05) is 13.1 Å². The number of rotatable bonds is 4. The van der Waals surface area contributed by atoms with E-state index in [1.807, 2.05) is 35.2 Å². The SMILES string of the molecule is O=C(N[C@H](C(=O)N1CCCC1)c1ccccc1)c1ccncc1. The minimum absolute atomic E-state index is 0.0453. The fourth-order valence-corrected chi connectivity index (χ4v) is 2.77. The van der Waals surface area contributed by atoms with Crippen LogP contribution in [-0.4, -0.2) is 34.8 Å². The second-order valence-electron chi connectivity index (χ2n) is 5.59. The maximum Gasteiger partial charge on any atom is 0.252 e. The second kappa shape index (κ2) is 7.05. The van der Waals surface area contributed by atoms with E-state index < -0.39 is 6.04 Å². The molecule has 0 aliphatic carbocycles. The van der Waals surface area contributed by atoms with Gasteiger partial charge in [-0.2, -0.15) is 0 Å². The highest BCUT2D eigenvalue weighted by atomic mass is 16.2. The van der Waals surface area contributed by atoms with E-state index >= 15 is 0 Å². The van der Waals surface area contributed by atoms with Gasteiger partial charge in [0, 0.05) is 31.0 Å². The monoisotopic (exact) mass is 309 g/mol. The van der Waals surface area contributed by atoms with Gasteiger partial charge in [0.2, 0.25) is 5.91 Å². The van der Waals surface area contributed by atoms with Crippen LogP contribution in [0.1, 0.15) is 34.8 Å². The summed E-state index contributed by atoms with van der Waals surface area (Å²) < 4.78 is 0. The maximum absolute atomic E-state index is 12.8. The molecule has 0 spiro atoms. The number of nitrogens with zero attached hydrogens (tertiary/aromatic N) is 2. The smallest absolute Gasteiger partial charge is 0.252 e. The summed E-state index contributed by atoms with van der Waals surface area (Å²) in [5.41, 5.74) is 1.29. The number of pyridine rings is 1. The number of carbonyl (C=O) groups is 2. The third-order valence-corrected chi connectivity index (χ3v) is 4.02. The molecule has 0 saturated carbocycles. The Bertz CT molecular complexity index is 667. The van der Waals surface area contributed by atoms with E-state index in [4.69, 9.17) is 0 Å². The average molecular weight is 309 g/mol. The highest BCUT2D eigenvalue weighted by Gasteiger charge is 2.29. The van der Waals surface area contributed by atoms with Gasteiger partial charge in [0.1, 0.15) is 6.04 Å². The van der Waals surface area contributed by atoms with Gasteiger partial charge in [0.25, 0.3) is 5.91 Å². The predicted molar refractivity (Wildman–Crippen MR) is 86.7 cm³/mol. The third-order valence-electron chi connectivity index (χ3n) is 4.02. The molecule has 23 heavy (non-hydrogen) atoms. The maximum atomic E-state index is 12.8. The van der Waals surface area contributed by atoms with Crippen molar-refractivity contribution < 1.29 is 9.59 Å². The van der Waals surface area contributed by atoms with E-state index in [2.05, 4.69) is 10.3 Å². The van der Waals surface area contributed by atoms with E-state index in [-0.39, 0.29) is 11.8 Å². The van der Waals surface area contributed by atoms with Crippen LogP contribution in [0.4, 0.5) is 0 Å². The summed E-state index contributed by atoms with van der Waals surface area (Å²) in [5.74, 6) is -0.315. The van der Waals surface area contributed by atoms with Gasteiger partial charge in [0.15, 0.2) is 0 Å². The Morgan fingerprint density at radius 2 is 1.65 bits per heavy atom. The summed E-state index contributed by atoms with van der Waals surface area (Å²) in [6.45, 7) is 1.51. The van der Waals surface area contributed by atoms with Crippen LogP contribution in [0.3, 0.4) is 0 Å². The number of amides is 2. The first-order valence-electron chi connectivity index (χ1n) is 7.80. The van der Waals surface area contributed by atoms with Crippen LogP contribution in [0, 0.1) is 0 Å². The summed E-state index contributed by atoms with van der Waals surface area (Å²) in [4.78, 5) is 31.0. The first kappa shape index (κ1) is 15.2. The molecule has 5 nitrogen and oxygen atoms in total. The number of aromatic nitrogens is 1. The molecule has 1 N–H and O–H groups in total. The fourth-order valence-electron chi connectivity index (χ4n) is 2.77. The molecule has 0 bridgehead atoms. The highest BCUT2D eigenvalue weighted by molar-refractivity contribution is 5.97. The quantitative estimate of drug-likeness (QED) is 0.941. The molecule has 1 atom stereocenters. The lowest BCUT2D eigenvalue weighted by Gasteiger charge is -2.24. The standard InChI is InChI=1S/C18H19N3O2/c22-17(15-8-10-19-11-9-15)20-16(14-6-2-1-3-7-14)18(23)21-12-4-5-13-21/h1-3,6-11,16H,4-5,12-13H2,(H,20,22)/t16-/m0/s1. The molecule has 1 aliphatic heterocycles. The number of carbonyl (C=O) groups excluding carboxylic acids is 2. The largest absolute Gasteiger partial charge is 0.341 e. The van der Waals surface area contributed by atoms with Crippen LogP contribution in [-0.2, 0) is 4.79 Å². The average Bonchev–Trinajstić information content (AvgIpc) is 3.15. The van der Waals surface area contributed by atoms with Crippen LogP contribution in [0.15, 0.2) is 54.9 Å². The molecule has 3 rings (SSSR count). The normalized spacial score (nSPS) is 15.2. The van der Waals surface area contributed by atoms with Crippen molar-refractivity contribution in [1.29, 1.82) is 0 Å². The van der Waals surface area contributed by atoms with Gasteiger partial charge < -0.3 is 10.2 Å². The molecule has 1 aromatic heterocycles. The molecule has 118 valence electrons. The van der Waals surface area contributed by atoms with Crippen LogP contribution >= 0.6 is 0 Å². The first-order valence-corrected chi connectivity index (χ1v) is 7.80. The minimum atomic E-state index is -0.657. The van der Waals surface area contributed by atoms with Crippen molar-refractivity contribution in [3.63, 3.8) is 0 Å². The zero-order valence-electron chi connectivity index (χ0n) is 12.8. The fraction of sp³-hybridized carbons (Fsp3) is 0.278. The second-order valence-corrected chi connectivity index (χ2v) is 5.59. The van der Waals surface area contributed by atoms with Crippen molar-refractivity contribution in [3.8, 4) is 0 Å². The van der Waals surface area contributed by atoms with Crippen molar-refractivity contribution in [2.24, 2.45) is 0 Å². The van der Waals surface area contributed by atoms with Gasteiger partial charge in [0.05, 0.1) is 0 Å². The molecule has 0 radical (unpaired) electrons. The van der Waals surface area contributed by atoms with Crippen molar-refractivity contribution >= 4 is 11.8 Å². The topological polar surface area (TPSA) is 62.3 Å². The van der Waals surface area contributed by atoms with E-state index in [1.54, 1.807) is 24.5 Å². The van der Waals surface area contributed by atoms with Crippen LogP contribution in [0.5, 0.6) is 0 Å². The number of benzene rings is 1. The lowest BCUT2D eigenvalue weighted by molar-refractivity contribution is -0.132. The van der Waals surface area contributed by atoms with E-state index in [0.717, 1.165) is 31.5 Å². The third kappa shape index (κ3) is 3.56. The van der Waals surface area contributed by atoms with E-state index in [1.165, 1.54) is 0 Å². The summed E-state index contributed by atoms with van der Waals surface area (Å²) in [5, 5.41) is 2.87. The van der Waals surface area contributed by atoms with Gasteiger partial charge in [-0.3, -0.25) is 14.6 Å². The Kier molecular flexibility index (Phi) is 4.66. The molecule has 2 heterocycles. The molecular formula is C18H19N3O2. The Hall–Kier alpha value is -2.69. The van der Waals surface area contributed by atoms with Gasteiger partial charge in [-0.1, -0.05) is 30.3 Å². The zero-order valence-corrected chi connectivity index (χ0v) is 12.8. The lowest BCUT2D eigenvalue weighted by atomic mass is 10.0. The molecular weight excluding hydrogens is 290 g/mol. The Balaban J connectivity index is 1.83. The molecule has 2 aromatic rings. The summed E-state index contributed by atoms with van der Waals surface area (Å²) in [7, 11) is 0. The van der Waals surface area contributed by atoms with Crippen molar-refractivity contribution in [1.82, 2.24) is 15.2 Å². The summed E-state index contributed by atoms with van der Waals surface area (Å²) >= 11 is 0. The first-order chi connectivity index (χ1) is 11.3. The van der Waals surface area contributed by atoms with Gasteiger partial charge in [-0.25, -0.2) is 0 Å².